The number of rotatable bonds is 3. The van der Waals surface area contributed by atoms with E-state index in [9.17, 15) is 4.55 Å². The van der Waals surface area contributed by atoms with Crippen LogP contribution in [0.25, 0.3) is 22.2 Å². The lowest BCUT2D eigenvalue weighted by Gasteiger charge is -2.27. The molecule has 0 aromatic carbocycles. The maximum atomic E-state index is 11.6. The zero-order valence-electron chi connectivity index (χ0n) is 15.3. The SMILES string of the molecule is [O-][S+]1CCN(Cc2cnc3oc4c(N5CCOCC5)nc(Cl)nc4c3c2)CC1. The molecule has 0 unspecified atom stereocenters. The van der Waals surface area contributed by atoms with Crippen molar-refractivity contribution in [3.63, 3.8) is 0 Å². The zero-order chi connectivity index (χ0) is 19.1. The molecule has 0 N–H and O–H groups in total. The van der Waals surface area contributed by atoms with Crippen LogP contribution in [0.3, 0.4) is 0 Å². The van der Waals surface area contributed by atoms with Crippen molar-refractivity contribution in [1.29, 1.82) is 0 Å². The molecule has 0 atom stereocenters. The smallest absolute Gasteiger partial charge is 0.229 e. The molecule has 0 bridgehead atoms. The quantitative estimate of drug-likeness (QED) is 0.467. The van der Waals surface area contributed by atoms with Gasteiger partial charge in [-0.2, -0.15) is 4.98 Å². The number of hydrogen-bond donors (Lipinski definition) is 0. The molecule has 5 rings (SSSR count). The number of fused-ring (bicyclic) bond motifs is 3. The van der Waals surface area contributed by atoms with Crippen molar-refractivity contribution in [2.75, 3.05) is 55.8 Å². The molecule has 0 spiro atoms. The number of morpholine rings is 1. The summed E-state index contributed by atoms with van der Waals surface area (Å²) in [5.41, 5.74) is 2.90. The van der Waals surface area contributed by atoms with Gasteiger partial charge in [0.25, 0.3) is 0 Å². The van der Waals surface area contributed by atoms with Gasteiger partial charge >= 0.3 is 0 Å². The molecule has 0 amide bonds. The number of aromatic nitrogens is 3. The van der Waals surface area contributed by atoms with Gasteiger partial charge in [0, 0.05) is 38.9 Å². The van der Waals surface area contributed by atoms with Crippen LogP contribution in [0.2, 0.25) is 5.28 Å². The van der Waals surface area contributed by atoms with Crippen LogP contribution < -0.4 is 4.90 Å². The third-order valence-corrected chi connectivity index (χ3v) is 6.61. The Balaban J connectivity index is 1.52. The number of anilines is 1. The average molecular weight is 422 g/mol. The van der Waals surface area contributed by atoms with E-state index in [2.05, 4.69) is 30.8 Å². The van der Waals surface area contributed by atoms with E-state index in [0.29, 0.717) is 35.8 Å². The molecule has 0 saturated carbocycles. The van der Waals surface area contributed by atoms with Crippen LogP contribution >= 0.6 is 11.6 Å². The lowest BCUT2D eigenvalue weighted by Crippen LogP contribution is -2.39. The second-order valence-electron chi connectivity index (χ2n) is 7.02. The molecule has 2 saturated heterocycles. The monoisotopic (exact) mass is 421 g/mol. The molecule has 2 aliphatic heterocycles. The topological polar surface area (TPSA) is 90.6 Å². The van der Waals surface area contributed by atoms with E-state index >= 15 is 0 Å². The summed E-state index contributed by atoms with van der Waals surface area (Å²) in [5.74, 6) is 2.16. The minimum atomic E-state index is -0.679. The van der Waals surface area contributed by atoms with E-state index in [1.165, 1.54) is 0 Å². The second-order valence-corrected chi connectivity index (χ2v) is 9.05. The van der Waals surface area contributed by atoms with E-state index in [-0.39, 0.29) is 5.28 Å². The van der Waals surface area contributed by atoms with Crippen molar-refractivity contribution in [2.45, 2.75) is 6.54 Å². The highest BCUT2D eigenvalue weighted by atomic mass is 35.5. The summed E-state index contributed by atoms with van der Waals surface area (Å²) < 4.78 is 23.0. The Bertz CT molecular complexity index is 1000. The number of pyridine rings is 1. The fourth-order valence-electron chi connectivity index (χ4n) is 3.70. The van der Waals surface area contributed by atoms with Gasteiger partial charge in [0.1, 0.15) is 17.0 Å². The maximum Gasteiger partial charge on any atom is 0.229 e. The number of ether oxygens (including phenoxy) is 1. The molecular formula is C18H20ClN5O3S. The van der Waals surface area contributed by atoms with Crippen molar-refractivity contribution < 1.29 is 13.7 Å². The lowest BCUT2D eigenvalue weighted by molar-refractivity contribution is 0.122. The summed E-state index contributed by atoms with van der Waals surface area (Å²) in [7, 11) is 0. The molecular weight excluding hydrogens is 402 g/mol. The summed E-state index contributed by atoms with van der Waals surface area (Å²) in [5, 5.41) is 1.03. The minimum Gasteiger partial charge on any atom is -0.616 e. The van der Waals surface area contributed by atoms with Gasteiger partial charge in [-0.15, -0.1) is 0 Å². The third-order valence-electron chi connectivity index (χ3n) is 5.17. The summed E-state index contributed by atoms with van der Waals surface area (Å²) in [6.45, 7) is 5.20. The Hall–Kier alpha value is -1.65. The second kappa shape index (κ2) is 7.64. The van der Waals surface area contributed by atoms with Gasteiger partial charge in [-0.1, -0.05) is 11.2 Å². The minimum absolute atomic E-state index is 0.195. The Kier molecular flexibility index (Phi) is 5.02. The molecule has 28 heavy (non-hydrogen) atoms. The van der Waals surface area contributed by atoms with E-state index in [1.807, 2.05) is 6.20 Å². The van der Waals surface area contributed by atoms with Crippen molar-refractivity contribution >= 4 is 50.8 Å². The zero-order valence-corrected chi connectivity index (χ0v) is 16.8. The highest BCUT2D eigenvalue weighted by Gasteiger charge is 2.23. The molecule has 10 heteroatoms. The molecule has 0 aliphatic carbocycles. The summed E-state index contributed by atoms with van der Waals surface area (Å²) in [6.07, 6.45) is 1.83. The van der Waals surface area contributed by atoms with Gasteiger partial charge in [-0.05, 0) is 23.2 Å². The highest BCUT2D eigenvalue weighted by Crippen LogP contribution is 2.33. The molecule has 2 aliphatic rings. The van der Waals surface area contributed by atoms with Crippen molar-refractivity contribution in [2.24, 2.45) is 0 Å². The summed E-state index contributed by atoms with van der Waals surface area (Å²) >= 11 is 5.55. The van der Waals surface area contributed by atoms with Gasteiger partial charge in [0.05, 0.1) is 18.6 Å². The van der Waals surface area contributed by atoms with Crippen molar-refractivity contribution in [1.82, 2.24) is 19.9 Å². The first kappa shape index (κ1) is 18.4. The van der Waals surface area contributed by atoms with Gasteiger partial charge in [0.2, 0.25) is 11.0 Å². The van der Waals surface area contributed by atoms with E-state index in [4.69, 9.17) is 20.8 Å². The van der Waals surface area contributed by atoms with E-state index in [1.54, 1.807) is 0 Å². The number of nitrogens with zero attached hydrogens (tertiary/aromatic N) is 5. The van der Waals surface area contributed by atoms with Gasteiger partial charge in [-0.3, -0.25) is 4.90 Å². The molecule has 8 nitrogen and oxygen atoms in total. The fraction of sp³-hybridized carbons (Fsp3) is 0.500. The molecule has 5 heterocycles. The Morgan fingerprint density at radius 1 is 1.14 bits per heavy atom. The molecule has 148 valence electrons. The molecule has 2 fully saturated rings. The predicted molar refractivity (Wildman–Crippen MR) is 108 cm³/mol. The first-order valence-corrected chi connectivity index (χ1v) is 11.2. The van der Waals surface area contributed by atoms with E-state index in [0.717, 1.165) is 55.2 Å². The Labute approximate surface area is 170 Å². The molecule has 3 aromatic rings. The number of furan rings is 1. The number of halogens is 1. The van der Waals surface area contributed by atoms with Crippen LogP contribution in [-0.2, 0) is 22.5 Å². The van der Waals surface area contributed by atoms with Crippen LogP contribution in [0.5, 0.6) is 0 Å². The van der Waals surface area contributed by atoms with Crippen LogP contribution in [0.1, 0.15) is 5.56 Å². The average Bonchev–Trinajstić information content (AvgIpc) is 3.08. The fourth-order valence-corrected chi connectivity index (χ4v) is 4.99. The normalized spacial score (nSPS) is 19.7. The molecule has 0 radical (unpaired) electrons. The standard InChI is InChI=1S/C18H20ClN5O3S/c19-18-21-14-13-9-12(11-23-3-7-28(25)8-4-23)10-20-17(13)27-15(14)16(22-18)24-1-5-26-6-2-24/h9-10H,1-8,11H2. The van der Waals surface area contributed by atoms with Crippen LogP contribution in [0.15, 0.2) is 16.7 Å². The summed E-state index contributed by atoms with van der Waals surface area (Å²) in [6, 6.07) is 2.06. The first-order valence-electron chi connectivity index (χ1n) is 9.32. The van der Waals surface area contributed by atoms with Crippen LogP contribution in [-0.4, -0.2) is 75.3 Å². The van der Waals surface area contributed by atoms with E-state index < -0.39 is 11.2 Å². The third kappa shape index (κ3) is 3.53. The maximum absolute atomic E-state index is 11.6. The molecule has 3 aromatic heterocycles. The number of hydrogen-bond acceptors (Lipinski definition) is 8. The van der Waals surface area contributed by atoms with Gasteiger partial charge < -0.3 is 18.6 Å². The Morgan fingerprint density at radius 2 is 1.93 bits per heavy atom. The largest absolute Gasteiger partial charge is 0.616 e. The van der Waals surface area contributed by atoms with Gasteiger partial charge in [0.15, 0.2) is 11.4 Å². The van der Waals surface area contributed by atoms with Crippen LogP contribution in [0.4, 0.5) is 5.82 Å². The lowest BCUT2D eigenvalue weighted by atomic mass is 10.2. The highest BCUT2D eigenvalue weighted by molar-refractivity contribution is 7.91. The predicted octanol–water partition coefficient (Wildman–Crippen LogP) is 1.83. The first-order chi connectivity index (χ1) is 13.7. The van der Waals surface area contributed by atoms with Gasteiger partial charge in [-0.25, -0.2) is 9.97 Å². The van der Waals surface area contributed by atoms with Crippen molar-refractivity contribution in [3.8, 4) is 0 Å². The summed E-state index contributed by atoms with van der Waals surface area (Å²) in [4.78, 5) is 17.7. The van der Waals surface area contributed by atoms with Crippen molar-refractivity contribution in [3.05, 3.63) is 23.1 Å². The Morgan fingerprint density at radius 3 is 2.71 bits per heavy atom. The van der Waals surface area contributed by atoms with Crippen LogP contribution in [0, 0.1) is 0 Å².